The van der Waals surface area contributed by atoms with Gasteiger partial charge in [0, 0.05) is 30.3 Å². The number of rotatable bonds is 12. The maximum absolute atomic E-state index is 13.7. The van der Waals surface area contributed by atoms with Gasteiger partial charge < -0.3 is 10.2 Å². The molecule has 0 bridgehead atoms. The van der Waals surface area contributed by atoms with Crippen LogP contribution in [0.25, 0.3) is 0 Å². The first-order valence-electron chi connectivity index (χ1n) is 12.1. The Morgan fingerprint density at radius 1 is 0.865 bits per heavy atom. The van der Waals surface area contributed by atoms with Gasteiger partial charge in [0.05, 0.1) is 15.8 Å². The molecule has 3 aromatic rings. The van der Waals surface area contributed by atoms with Crippen LogP contribution in [0.4, 0.5) is 0 Å². The summed E-state index contributed by atoms with van der Waals surface area (Å²) < 4.78 is 0. The minimum absolute atomic E-state index is 0.126. The summed E-state index contributed by atoms with van der Waals surface area (Å²) in [4.78, 5) is 28.8. The monoisotopic (exact) mass is 576 g/mol. The highest BCUT2D eigenvalue weighted by atomic mass is 35.5. The molecular weight excluding hydrogens is 547 g/mol. The third-order valence-corrected chi connectivity index (χ3v) is 7.64. The van der Waals surface area contributed by atoms with Crippen molar-refractivity contribution in [3.05, 3.63) is 105 Å². The smallest absolute Gasteiger partial charge is 0.243 e. The van der Waals surface area contributed by atoms with Gasteiger partial charge in [-0.05, 0) is 46.9 Å². The van der Waals surface area contributed by atoms with Crippen molar-refractivity contribution in [3.8, 4) is 0 Å². The van der Waals surface area contributed by atoms with Crippen molar-refractivity contribution < 1.29 is 9.59 Å². The van der Waals surface area contributed by atoms with Crippen LogP contribution in [-0.2, 0) is 28.3 Å². The molecule has 0 aromatic heterocycles. The van der Waals surface area contributed by atoms with Gasteiger partial charge in [0.15, 0.2) is 0 Å². The van der Waals surface area contributed by atoms with Crippen LogP contribution < -0.4 is 5.32 Å². The average molecular weight is 578 g/mol. The quantitative estimate of drug-likeness (QED) is 0.246. The molecular formula is C29H31Cl3N2O2S. The summed E-state index contributed by atoms with van der Waals surface area (Å²) in [6.45, 7) is 4.84. The first-order valence-corrected chi connectivity index (χ1v) is 14.4. The maximum Gasteiger partial charge on any atom is 0.243 e. The van der Waals surface area contributed by atoms with Crippen LogP contribution in [0, 0.1) is 5.92 Å². The molecule has 3 rings (SSSR count). The Morgan fingerprint density at radius 2 is 1.59 bits per heavy atom. The third kappa shape index (κ3) is 9.57. The predicted molar refractivity (Wildman–Crippen MR) is 156 cm³/mol. The van der Waals surface area contributed by atoms with Crippen molar-refractivity contribution in [1.82, 2.24) is 10.2 Å². The highest BCUT2D eigenvalue weighted by molar-refractivity contribution is 7.99. The normalized spacial score (nSPS) is 11.8. The van der Waals surface area contributed by atoms with E-state index in [0.29, 0.717) is 33.8 Å². The number of hydrogen-bond acceptors (Lipinski definition) is 3. The van der Waals surface area contributed by atoms with Gasteiger partial charge in [-0.25, -0.2) is 0 Å². The average Bonchev–Trinajstić information content (AvgIpc) is 2.87. The number of carbonyl (C=O) groups is 2. The number of halogens is 3. The zero-order valence-corrected chi connectivity index (χ0v) is 24.0. The second-order valence-corrected chi connectivity index (χ2v) is 11.5. The molecule has 0 unspecified atom stereocenters. The topological polar surface area (TPSA) is 49.4 Å². The van der Waals surface area contributed by atoms with Gasteiger partial charge in [-0.3, -0.25) is 9.59 Å². The number of amides is 2. The van der Waals surface area contributed by atoms with Crippen molar-refractivity contribution in [2.24, 2.45) is 5.92 Å². The minimum Gasteiger partial charge on any atom is -0.354 e. The van der Waals surface area contributed by atoms with E-state index in [2.05, 4.69) is 5.32 Å². The van der Waals surface area contributed by atoms with E-state index in [9.17, 15) is 9.59 Å². The minimum atomic E-state index is -0.685. The summed E-state index contributed by atoms with van der Waals surface area (Å²) in [6, 6.07) is 21.9. The largest absolute Gasteiger partial charge is 0.354 e. The van der Waals surface area contributed by atoms with Gasteiger partial charge in [0.25, 0.3) is 0 Å². The van der Waals surface area contributed by atoms with Crippen LogP contribution in [0.15, 0.2) is 72.8 Å². The van der Waals surface area contributed by atoms with Gasteiger partial charge in [-0.2, -0.15) is 0 Å². The lowest BCUT2D eigenvalue weighted by molar-refractivity contribution is -0.139. The van der Waals surface area contributed by atoms with Gasteiger partial charge in [-0.1, -0.05) is 97.2 Å². The van der Waals surface area contributed by atoms with Crippen LogP contribution >= 0.6 is 46.6 Å². The van der Waals surface area contributed by atoms with Crippen LogP contribution in [-0.4, -0.2) is 35.1 Å². The van der Waals surface area contributed by atoms with Crippen LogP contribution in [0.3, 0.4) is 0 Å². The lowest BCUT2D eigenvalue weighted by atomic mass is 10.0. The Morgan fingerprint density at radius 3 is 2.27 bits per heavy atom. The summed E-state index contributed by atoms with van der Waals surface area (Å²) in [5, 5.41) is 4.54. The number of thioether (sulfide) groups is 1. The lowest BCUT2D eigenvalue weighted by Gasteiger charge is -2.32. The highest BCUT2D eigenvalue weighted by Crippen LogP contribution is 2.25. The predicted octanol–water partition coefficient (Wildman–Crippen LogP) is 7.29. The molecule has 37 heavy (non-hydrogen) atoms. The number of benzene rings is 3. The van der Waals surface area contributed by atoms with Gasteiger partial charge in [0.2, 0.25) is 11.8 Å². The van der Waals surface area contributed by atoms with Crippen LogP contribution in [0.5, 0.6) is 0 Å². The van der Waals surface area contributed by atoms with Crippen LogP contribution in [0.1, 0.15) is 30.5 Å². The molecule has 0 aliphatic carbocycles. The molecule has 3 aromatic carbocycles. The second-order valence-electron chi connectivity index (χ2n) is 9.24. The summed E-state index contributed by atoms with van der Waals surface area (Å²) >= 11 is 20.0. The molecule has 4 nitrogen and oxygen atoms in total. The van der Waals surface area contributed by atoms with E-state index < -0.39 is 6.04 Å². The summed E-state index contributed by atoms with van der Waals surface area (Å²) in [5.74, 6) is 0.838. The molecule has 0 fully saturated rings. The standard InChI is InChI=1S/C29H31Cl3N2O2S/c1-20(2)16-33-29(36)27(15-21-7-4-3-5-8-21)34(17-22-11-12-25(31)26(32)14-22)28(35)19-37-18-23-9-6-10-24(30)13-23/h3-14,20,27H,15-19H2,1-2H3,(H,33,36)/t27-/m1/s1. The van der Waals surface area contributed by atoms with E-state index in [1.54, 1.807) is 17.0 Å². The molecule has 8 heteroatoms. The molecule has 1 N–H and O–H groups in total. The lowest BCUT2D eigenvalue weighted by Crippen LogP contribution is -2.51. The summed E-state index contributed by atoms with van der Waals surface area (Å²) in [6.07, 6.45) is 0.400. The van der Waals surface area contributed by atoms with E-state index in [-0.39, 0.29) is 30.0 Å². The fraction of sp³-hybridized carbons (Fsp3) is 0.310. The van der Waals surface area contributed by atoms with Crippen LogP contribution in [0.2, 0.25) is 15.1 Å². The molecule has 0 saturated carbocycles. The first kappa shape index (κ1) is 29.4. The molecule has 2 amide bonds. The summed E-state index contributed by atoms with van der Waals surface area (Å²) in [7, 11) is 0. The van der Waals surface area contributed by atoms with Crippen molar-refractivity contribution in [2.75, 3.05) is 12.3 Å². The molecule has 0 heterocycles. The molecule has 0 aliphatic heterocycles. The molecule has 0 radical (unpaired) electrons. The molecule has 0 saturated heterocycles. The SMILES string of the molecule is CC(C)CNC(=O)[C@@H](Cc1ccccc1)N(Cc1ccc(Cl)c(Cl)c1)C(=O)CSCc1cccc(Cl)c1. The van der Waals surface area contributed by atoms with Gasteiger partial charge in [0.1, 0.15) is 6.04 Å². The van der Waals surface area contributed by atoms with Crippen molar-refractivity contribution in [1.29, 1.82) is 0 Å². The molecule has 0 spiro atoms. The fourth-order valence-corrected chi connectivity index (χ4v) is 5.17. The maximum atomic E-state index is 13.7. The number of carbonyl (C=O) groups excluding carboxylic acids is 2. The Bertz CT molecular complexity index is 1190. The van der Waals surface area contributed by atoms with Gasteiger partial charge >= 0.3 is 0 Å². The molecule has 0 aliphatic rings. The van der Waals surface area contributed by atoms with Crippen molar-refractivity contribution in [3.63, 3.8) is 0 Å². The second kappa shape index (κ2) is 14.7. The Hall–Kier alpha value is -2.18. The zero-order chi connectivity index (χ0) is 26.8. The van der Waals surface area contributed by atoms with E-state index in [1.165, 1.54) is 11.8 Å². The van der Waals surface area contributed by atoms with E-state index in [0.717, 1.165) is 16.7 Å². The van der Waals surface area contributed by atoms with Crippen molar-refractivity contribution in [2.45, 2.75) is 38.6 Å². The Balaban J connectivity index is 1.86. The van der Waals surface area contributed by atoms with Gasteiger partial charge in [-0.15, -0.1) is 11.8 Å². The zero-order valence-electron chi connectivity index (χ0n) is 20.9. The van der Waals surface area contributed by atoms with Crippen molar-refractivity contribution >= 4 is 58.4 Å². The van der Waals surface area contributed by atoms with E-state index >= 15 is 0 Å². The van der Waals surface area contributed by atoms with E-state index in [1.807, 2.05) is 74.5 Å². The number of nitrogens with one attached hydrogen (secondary N) is 1. The Labute approximate surface area is 238 Å². The highest BCUT2D eigenvalue weighted by Gasteiger charge is 2.30. The Kier molecular flexibility index (Phi) is 11.7. The fourth-order valence-electron chi connectivity index (χ4n) is 3.78. The first-order chi connectivity index (χ1) is 17.7. The number of hydrogen-bond donors (Lipinski definition) is 1. The molecule has 1 atom stereocenters. The third-order valence-electron chi connectivity index (χ3n) is 5.68. The summed E-state index contributed by atoms with van der Waals surface area (Å²) in [5.41, 5.74) is 2.82. The van der Waals surface area contributed by atoms with E-state index in [4.69, 9.17) is 34.8 Å². The number of nitrogens with zero attached hydrogens (tertiary/aromatic N) is 1. The molecule has 196 valence electrons.